The third-order valence-electron chi connectivity index (χ3n) is 13.9. The van der Waals surface area contributed by atoms with E-state index < -0.39 is 98.5 Å². The van der Waals surface area contributed by atoms with Crippen LogP contribution in [0.4, 0.5) is 0 Å². The number of ketones is 2. The van der Waals surface area contributed by atoms with Crippen molar-refractivity contribution in [3.63, 3.8) is 0 Å². The van der Waals surface area contributed by atoms with Crippen LogP contribution in [0, 0.1) is 17.8 Å². The second-order valence-electron chi connectivity index (χ2n) is 19.6. The summed E-state index contributed by atoms with van der Waals surface area (Å²) < 4.78 is 45.7. The van der Waals surface area contributed by atoms with Crippen LogP contribution >= 0.6 is 0 Å². The zero-order chi connectivity index (χ0) is 51.2. The number of hydrogen-bond donors (Lipinski definition) is 0. The molecular weight excluding hydrogens is 897 g/mol. The van der Waals surface area contributed by atoms with E-state index in [0.29, 0.717) is 18.4 Å². The quantitative estimate of drug-likeness (QED) is 0.0637. The zero-order valence-electron chi connectivity index (χ0n) is 43.7. The lowest BCUT2D eigenvalue weighted by Gasteiger charge is -2.49. The van der Waals surface area contributed by atoms with Crippen LogP contribution in [0.15, 0.2) is 72.7 Å². The number of para-hydroxylation sites is 1. The number of aromatic nitrogens is 1. The second-order valence-corrected chi connectivity index (χ2v) is 24.4. The van der Waals surface area contributed by atoms with Crippen LogP contribution in [0.5, 0.6) is 0 Å². The number of fused-ring (bicyclic) bond motifs is 1. The van der Waals surface area contributed by atoms with Crippen molar-refractivity contribution in [2.24, 2.45) is 17.8 Å². The fraction of sp³-hybridized carbons (Fsp3) is 0.630. The van der Waals surface area contributed by atoms with E-state index in [2.05, 4.69) is 31.8 Å². The molecule has 0 radical (unpaired) electrons. The lowest BCUT2D eigenvalue weighted by molar-refractivity contribution is -0.307. The van der Waals surface area contributed by atoms with Crippen LogP contribution in [0.25, 0.3) is 10.9 Å². The first kappa shape index (κ1) is 57.0. The van der Waals surface area contributed by atoms with Gasteiger partial charge in [0.2, 0.25) is 0 Å². The number of likely N-dealkylation sites (N-methyl/N-ethyl adjacent to an activating group) is 1. The van der Waals surface area contributed by atoms with Crippen molar-refractivity contribution in [1.29, 1.82) is 0 Å². The van der Waals surface area contributed by atoms with E-state index in [1.54, 1.807) is 40.3 Å². The van der Waals surface area contributed by atoms with Crippen LogP contribution < -0.4 is 0 Å². The van der Waals surface area contributed by atoms with Gasteiger partial charge in [-0.3, -0.25) is 29.1 Å². The molecule has 2 aliphatic heterocycles. The van der Waals surface area contributed by atoms with Gasteiger partial charge in [0.1, 0.15) is 18.0 Å². The summed E-state index contributed by atoms with van der Waals surface area (Å²) in [5.74, 6) is -3.45. The molecule has 7 unspecified atom stereocenters. The average Bonchev–Trinajstić information content (AvgIpc) is 3.29. The van der Waals surface area contributed by atoms with Crippen molar-refractivity contribution in [3.8, 4) is 0 Å². The predicted octanol–water partition coefficient (Wildman–Crippen LogP) is 9.44. The van der Waals surface area contributed by atoms with Crippen LogP contribution in [0.2, 0.25) is 18.1 Å². The highest BCUT2D eigenvalue weighted by atomic mass is 28.4. The molecule has 0 amide bonds. The van der Waals surface area contributed by atoms with E-state index in [0.717, 1.165) is 34.6 Å². The second kappa shape index (κ2) is 26.1. The minimum Gasteiger partial charge on any atom is -0.487 e. The Labute approximate surface area is 412 Å². The van der Waals surface area contributed by atoms with Crippen LogP contribution in [-0.2, 0) is 63.2 Å². The van der Waals surface area contributed by atoms with Gasteiger partial charge in [-0.2, -0.15) is 0 Å². The molecule has 2 aromatic rings. The standard InChI is InChI=1S/C54H80N2O12Si/c1-15-45-43(29-36(7)57)28-34(5)25-26-47(60)54(12,62-27-21-22-41-30-42-23-19-20-24-44(42)55-33-41)32-35(6)50(37(8)46(31-48(61)66-45)68-69(16-2,17-3)18-4)67-53-52(65-40(11)59)49(56(13)14)51(38(9)63-53)64-39(10)58/h19-21,23-28,30,33,35,37-38,43,45-46,49-53H,15-18,22,29,31-32H2,1-14H3/t35-,37-,38?,43?,45?,46+,49?,50-,51?,52?,53?,54-/m0/s1. The van der Waals surface area contributed by atoms with Crippen molar-refractivity contribution in [3.05, 3.63) is 78.2 Å². The highest BCUT2D eigenvalue weighted by Gasteiger charge is 2.52. The molecule has 3 heterocycles. The van der Waals surface area contributed by atoms with Gasteiger partial charge in [-0.1, -0.05) is 77.5 Å². The fourth-order valence-electron chi connectivity index (χ4n) is 9.97. The molecular formula is C54H80N2O12Si. The van der Waals surface area contributed by atoms with Crippen molar-refractivity contribution in [2.45, 2.75) is 188 Å². The zero-order valence-corrected chi connectivity index (χ0v) is 44.7. The Morgan fingerprint density at radius 2 is 1.58 bits per heavy atom. The van der Waals surface area contributed by atoms with Gasteiger partial charge < -0.3 is 37.6 Å². The first-order valence-corrected chi connectivity index (χ1v) is 27.4. The number of ether oxygens (including phenoxy) is 6. The van der Waals surface area contributed by atoms with Gasteiger partial charge in [0.05, 0.1) is 42.6 Å². The summed E-state index contributed by atoms with van der Waals surface area (Å²) >= 11 is 0. The number of carbonyl (C=O) groups excluding carboxylic acids is 5. The Kier molecular flexibility index (Phi) is 21.5. The summed E-state index contributed by atoms with van der Waals surface area (Å²) in [6, 6.07) is 11.7. The van der Waals surface area contributed by atoms with Gasteiger partial charge in [0.15, 0.2) is 32.1 Å². The Balaban J connectivity index is 1.91. The van der Waals surface area contributed by atoms with Crippen molar-refractivity contribution in [1.82, 2.24) is 9.88 Å². The smallest absolute Gasteiger partial charge is 0.308 e. The van der Waals surface area contributed by atoms with E-state index in [-0.39, 0.29) is 30.8 Å². The molecule has 1 aromatic carbocycles. The number of Topliss-reactive ketones (excluding diaryl/α,β-unsaturated/α-hetero) is 1. The number of rotatable bonds is 17. The van der Waals surface area contributed by atoms with E-state index in [1.807, 2.05) is 75.2 Å². The third-order valence-corrected chi connectivity index (χ3v) is 18.6. The van der Waals surface area contributed by atoms with Gasteiger partial charge in [0.25, 0.3) is 0 Å². The minimum absolute atomic E-state index is 0.0596. The maximum Gasteiger partial charge on any atom is 0.308 e. The molecule has 1 fully saturated rings. The summed E-state index contributed by atoms with van der Waals surface area (Å²) in [6.45, 7) is 21.7. The van der Waals surface area contributed by atoms with Crippen molar-refractivity contribution >= 4 is 48.7 Å². The van der Waals surface area contributed by atoms with E-state index in [4.69, 9.17) is 32.8 Å². The number of allylic oxidation sites excluding steroid dienone is 3. The largest absolute Gasteiger partial charge is 0.487 e. The molecule has 1 saturated heterocycles. The topological polar surface area (TPSA) is 166 Å². The summed E-state index contributed by atoms with van der Waals surface area (Å²) in [7, 11) is 1.16. The van der Waals surface area contributed by atoms with Crippen LogP contribution in [0.1, 0.15) is 114 Å². The lowest BCUT2D eigenvalue weighted by atomic mass is 9.80. The Hall–Kier alpha value is -4.54. The fourth-order valence-corrected chi connectivity index (χ4v) is 12.9. The number of cyclic esters (lactones) is 1. The molecule has 14 nitrogen and oxygen atoms in total. The van der Waals surface area contributed by atoms with Gasteiger partial charge in [0, 0.05) is 43.7 Å². The molecule has 382 valence electrons. The number of pyridine rings is 1. The van der Waals surface area contributed by atoms with E-state index in [9.17, 15) is 24.0 Å². The first-order chi connectivity index (χ1) is 32.6. The SMILES string of the molecule is CCC1OC(=O)C[C@@H](O[Si](CC)(CC)CC)[C@H](C)[C@@H](OC2OC(C)C(OC(C)=O)C(N(C)C)C2OC(C)=O)[C@@H](C)C[C@](C)(OC=CCc2cnc3ccccc3c2)C(=O)C=CC(C)=CC1CC(C)=O. The normalized spacial score (nSPS) is 30.0. The summed E-state index contributed by atoms with van der Waals surface area (Å²) in [4.78, 5) is 73.6. The van der Waals surface area contributed by atoms with Gasteiger partial charge in [-0.15, -0.1) is 0 Å². The number of hydrogen-bond acceptors (Lipinski definition) is 14. The van der Waals surface area contributed by atoms with E-state index in [1.165, 1.54) is 26.8 Å². The lowest BCUT2D eigenvalue weighted by Crippen LogP contribution is -2.65. The highest BCUT2D eigenvalue weighted by molar-refractivity contribution is 6.73. The Morgan fingerprint density at radius 1 is 0.928 bits per heavy atom. The summed E-state index contributed by atoms with van der Waals surface area (Å²) in [6.07, 6.45) is 5.48. The van der Waals surface area contributed by atoms with Crippen molar-refractivity contribution < 1.29 is 56.8 Å². The molecule has 15 heteroatoms. The van der Waals surface area contributed by atoms with Gasteiger partial charge in [-0.25, -0.2) is 0 Å². The van der Waals surface area contributed by atoms with Crippen molar-refractivity contribution in [2.75, 3.05) is 14.1 Å². The Bertz CT molecular complexity index is 2140. The molecule has 69 heavy (non-hydrogen) atoms. The number of esters is 3. The molecule has 2 aliphatic rings. The highest BCUT2D eigenvalue weighted by Crippen LogP contribution is 2.39. The summed E-state index contributed by atoms with van der Waals surface area (Å²) in [5, 5.41) is 1.01. The Morgan fingerprint density at radius 3 is 2.19 bits per heavy atom. The van der Waals surface area contributed by atoms with Crippen LogP contribution in [0.3, 0.4) is 0 Å². The molecule has 0 bridgehead atoms. The summed E-state index contributed by atoms with van der Waals surface area (Å²) in [5.41, 5.74) is 1.12. The number of nitrogens with zero attached hydrogens (tertiary/aromatic N) is 2. The monoisotopic (exact) mass is 977 g/mol. The molecule has 0 aliphatic carbocycles. The average molecular weight is 977 g/mol. The van der Waals surface area contributed by atoms with E-state index >= 15 is 0 Å². The molecule has 0 spiro atoms. The number of benzene rings is 1. The molecule has 1 aromatic heterocycles. The van der Waals surface area contributed by atoms with Crippen LogP contribution in [-0.4, -0.2) is 116 Å². The number of carbonyl (C=O) groups is 5. The molecule has 4 rings (SSSR count). The molecule has 0 saturated carbocycles. The van der Waals surface area contributed by atoms with Gasteiger partial charge >= 0.3 is 17.9 Å². The maximum atomic E-state index is 14.8. The molecule has 0 N–H and O–H groups in total. The van der Waals surface area contributed by atoms with Gasteiger partial charge in [-0.05, 0) is 115 Å². The third kappa shape index (κ3) is 15.7. The first-order valence-electron chi connectivity index (χ1n) is 24.8. The molecule has 12 atom stereocenters. The maximum absolute atomic E-state index is 14.8. The predicted molar refractivity (Wildman–Crippen MR) is 268 cm³/mol. The minimum atomic E-state index is -2.45.